The van der Waals surface area contributed by atoms with Gasteiger partial charge in [-0.2, -0.15) is 0 Å². The highest BCUT2D eigenvalue weighted by Gasteiger charge is 2.00. The molecule has 0 fully saturated rings. The summed E-state index contributed by atoms with van der Waals surface area (Å²) < 4.78 is 0. The van der Waals surface area contributed by atoms with Crippen LogP contribution in [0.2, 0.25) is 0 Å². The lowest BCUT2D eigenvalue weighted by Gasteiger charge is -2.00. The van der Waals surface area contributed by atoms with Gasteiger partial charge in [0.2, 0.25) is 11.7 Å². The molecule has 1 amide bonds. The Morgan fingerprint density at radius 2 is 2.08 bits per heavy atom. The molecule has 4 heteroatoms. The number of likely N-dealkylation sites (N-methyl/N-ethyl adjacent to an activating group) is 1. The lowest BCUT2D eigenvalue weighted by molar-refractivity contribution is -0.115. The van der Waals surface area contributed by atoms with Gasteiger partial charge in [-0.15, -0.1) is 0 Å². The number of hydrogen-bond acceptors (Lipinski definition) is 3. The van der Waals surface area contributed by atoms with Crippen LogP contribution < -0.4 is 11.1 Å². The van der Waals surface area contributed by atoms with Gasteiger partial charge in [-0.05, 0) is 13.0 Å². The van der Waals surface area contributed by atoms with E-state index in [1.807, 2.05) is 6.92 Å². The normalized spacial score (nSPS) is 9.75. The third kappa shape index (κ3) is 4.27. The summed E-state index contributed by atoms with van der Waals surface area (Å²) in [5.41, 5.74) is 5.05. The molecule has 4 nitrogen and oxygen atoms in total. The Labute approximate surface area is 71.1 Å². The fraction of sp³-hybridized carbons (Fsp3) is 0.250. The molecule has 0 saturated heterocycles. The van der Waals surface area contributed by atoms with Crippen molar-refractivity contribution in [2.45, 2.75) is 6.92 Å². The highest BCUT2D eigenvalue weighted by atomic mass is 16.1. The molecule has 0 atom stereocenters. The molecular weight excluding hydrogens is 156 g/mol. The average molecular weight is 168 g/mol. The maximum absolute atomic E-state index is 11.0. The SMILES string of the molecule is C=C(NCC)C(=O)/C=C\C(N)=O. The van der Waals surface area contributed by atoms with Crippen molar-refractivity contribution in [3.63, 3.8) is 0 Å². The number of hydrogen-bond donors (Lipinski definition) is 2. The second kappa shape index (κ2) is 5.12. The standard InChI is InChI=1S/C8H12N2O2/c1-3-10-6(2)7(11)4-5-8(9)12/h4-5,10H,2-3H2,1H3,(H2,9,12)/b5-4-. The van der Waals surface area contributed by atoms with Crippen LogP contribution in [0.4, 0.5) is 0 Å². The Kier molecular flexibility index (Phi) is 4.45. The average Bonchev–Trinajstić information content (AvgIpc) is 2.00. The Hall–Kier alpha value is -1.58. The molecule has 0 spiro atoms. The van der Waals surface area contributed by atoms with Crippen LogP contribution in [0.3, 0.4) is 0 Å². The molecule has 0 rings (SSSR count). The van der Waals surface area contributed by atoms with Crippen molar-refractivity contribution in [2.24, 2.45) is 5.73 Å². The van der Waals surface area contributed by atoms with E-state index in [1.54, 1.807) is 0 Å². The molecule has 0 unspecified atom stereocenters. The zero-order valence-corrected chi connectivity index (χ0v) is 6.96. The largest absolute Gasteiger partial charge is 0.383 e. The zero-order chi connectivity index (χ0) is 9.56. The molecule has 0 aliphatic heterocycles. The first-order chi connectivity index (χ1) is 5.57. The number of carbonyl (C=O) groups is 2. The number of primary amides is 1. The van der Waals surface area contributed by atoms with Crippen molar-refractivity contribution in [2.75, 3.05) is 6.54 Å². The van der Waals surface area contributed by atoms with E-state index < -0.39 is 5.91 Å². The van der Waals surface area contributed by atoms with Gasteiger partial charge in [-0.25, -0.2) is 0 Å². The van der Waals surface area contributed by atoms with Gasteiger partial charge in [0.25, 0.3) is 0 Å². The number of nitrogens with one attached hydrogen (secondary N) is 1. The summed E-state index contributed by atoms with van der Waals surface area (Å²) in [6.07, 6.45) is 2.10. The second-order valence-corrected chi connectivity index (χ2v) is 2.11. The molecule has 0 aliphatic rings. The second-order valence-electron chi connectivity index (χ2n) is 2.11. The highest BCUT2D eigenvalue weighted by molar-refractivity contribution is 6.06. The smallest absolute Gasteiger partial charge is 0.241 e. The molecule has 3 N–H and O–H groups in total. The number of carbonyl (C=O) groups excluding carboxylic acids is 2. The van der Waals surface area contributed by atoms with Crippen molar-refractivity contribution in [3.8, 4) is 0 Å². The monoisotopic (exact) mass is 168 g/mol. The molecule has 66 valence electrons. The molecule has 0 heterocycles. The minimum atomic E-state index is -0.646. The predicted octanol–water partition coefficient (Wildman–Crippen LogP) is -0.280. The van der Waals surface area contributed by atoms with Crippen LogP contribution in [0.5, 0.6) is 0 Å². The Morgan fingerprint density at radius 3 is 2.50 bits per heavy atom. The number of rotatable bonds is 5. The van der Waals surface area contributed by atoms with Crippen LogP contribution in [0.15, 0.2) is 24.4 Å². The van der Waals surface area contributed by atoms with Crippen molar-refractivity contribution in [3.05, 3.63) is 24.4 Å². The molecule has 12 heavy (non-hydrogen) atoms. The molecule has 0 saturated carbocycles. The van der Waals surface area contributed by atoms with Gasteiger partial charge >= 0.3 is 0 Å². The van der Waals surface area contributed by atoms with E-state index in [2.05, 4.69) is 11.9 Å². The van der Waals surface area contributed by atoms with Crippen molar-refractivity contribution in [1.82, 2.24) is 5.32 Å². The van der Waals surface area contributed by atoms with Gasteiger partial charge in [-0.3, -0.25) is 9.59 Å². The molecule has 0 aromatic heterocycles. The van der Waals surface area contributed by atoms with E-state index in [4.69, 9.17) is 5.73 Å². The molecule has 0 aromatic rings. The number of amides is 1. The van der Waals surface area contributed by atoms with Gasteiger partial charge in [0, 0.05) is 12.6 Å². The summed E-state index contributed by atoms with van der Waals surface area (Å²) in [7, 11) is 0. The first kappa shape index (κ1) is 10.4. The van der Waals surface area contributed by atoms with E-state index in [9.17, 15) is 9.59 Å². The number of nitrogens with two attached hydrogens (primary N) is 1. The predicted molar refractivity (Wildman–Crippen MR) is 46.2 cm³/mol. The summed E-state index contributed by atoms with van der Waals surface area (Å²) in [6, 6.07) is 0. The third-order valence-corrected chi connectivity index (χ3v) is 1.09. The van der Waals surface area contributed by atoms with Gasteiger partial charge in [0.15, 0.2) is 0 Å². The zero-order valence-electron chi connectivity index (χ0n) is 6.96. The number of ketones is 1. The first-order valence-electron chi connectivity index (χ1n) is 3.52. The lowest BCUT2D eigenvalue weighted by atomic mass is 10.3. The summed E-state index contributed by atoms with van der Waals surface area (Å²) in [6.45, 7) is 5.92. The first-order valence-corrected chi connectivity index (χ1v) is 3.52. The minimum Gasteiger partial charge on any atom is -0.383 e. The quantitative estimate of drug-likeness (QED) is 0.554. The van der Waals surface area contributed by atoms with Gasteiger partial charge in [-0.1, -0.05) is 6.58 Å². The lowest BCUT2D eigenvalue weighted by Crippen LogP contribution is -2.18. The summed E-state index contributed by atoms with van der Waals surface area (Å²) >= 11 is 0. The summed E-state index contributed by atoms with van der Waals surface area (Å²) in [5, 5.41) is 2.72. The highest BCUT2D eigenvalue weighted by Crippen LogP contribution is 1.88. The third-order valence-electron chi connectivity index (χ3n) is 1.09. The maximum atomic E-state index is 11.0. The van der Waals surface area contributed by atoms with Crippen molar-refractivity contribution < 1.29 is 9.59 Å². The molecular formula is C8H12N2O2. The van der Waals surface area contributed by atoms with E-state index >= 15 is 0 Å². The van der Waals surface area contributed by atoms with Crippen LogP contribution in [0.1, 0.15) is 6.92 Å². The van der Waals surface area contributed by atoms with Crippen molar-refractivity contribution in [1.29, 1.82) is 0 Å². The Balaban J connectivity index is 4.04. The van der Waals surface area contributed by atoms with Crippen LogP contribution >= 0.6 is 0 Å². The maximum Gasteiger partial charge on any atom is 0.241 e. The Morgan fingerprint density at radius 1 is 1.50 bits per heavy atom. The topological polar surface area (TPSA) is 72.2 Å². The Bertz CT molecular complexity index is 231. The van der Waals surface area contributed by atoms with E-state index in [1.165, 1.54) is 0 Å². The van der Waals surface area contributed by atoms with Gasteiger partial charge in [0.05, 0.1) is 5.70 Å². The fourth-order valence-corrected chi connectivity index (χ4v) is 0.559. The van der Waals surface area contributed by atoms with Gasteiger partial charge < -0.3 is 11.1 Å². The van der Waals surface area contributed by atoms with Crippen LogP contribution in [0.25, 0.3) is 0 Å². The summed E-state index contributed by atoms with van der Waals surface area (Å²) in [5.74, 6) is -0.983. The summed E-state index contributed by atoms with van der Waals surface area (Å²) in [4.78, 5) is 21.2. The van der Waals surface area contributed by atoms with Crippen LogP contribution in [-0.4, -0.2) is 18.2 Å². The van der Waals surface area contributed by atoms with Gasteiger partial charge in [0.1, 0.15) is 0 Å². The molecule has 0 aliphatic carbocycles. The van der Waals surface area contributed by atoms with E-state index in [-0.39, 0.29) is 11.5 Å². The van der Waals surface area contributed by atoms with E-state index in [0.29, 0.717) is 6.54 Å². The molecule has 0 aromatic carbocycles. The fourth-order valence-electron chi connectivity index (χ4n) is 0.559. The molecule has 0 bridgehead atoms. The van der Waals surface area contributed by atoms with Crippen LogP contribution in [0, 0.1) is 0 Å². The van der Waals surface area contributed by atoms with E-state index in [0.717, 1.165) is 12.2 Å². The number of allylic oxidation sites excluding steroid dienone is 1. The molecule has 0 radical (unpaired) electrons. The van der Waals surface area contributed by atoms with Crippen molar-refractivity contribution >= 4 is 11.7 Å². The van der Waals surface area contributed by atoms with Crippen LogP contribution in [-0.2, 0) is 9.59 Å². The minimum absolute atomic E-state index is 0.259.